The smallest absolute Gasteiger partial charge is 0.133 e. The van der Waals surface area contributed by atoms with Crippen LogP contribution in [-0.4, -0.2) is 10.8 Å². The summed E-state index contributed by atoms with van der Waals surface area (Å²) in [6, 6.07) is 10.3. The molecule has 3 rings (SSSR count). The van der Waals surface area contributed by atoms with Gasteiger partial charge in [0.15, 0.2) is 0 Å². The molecular formula is C15H15NO. The second-order valence-electron chi connectivity index (χ2n) is 4.75. The van der Waals surface area contributed by atoms with E-state index in [1.54, 1.807) is 0 Å². The van der Waals surface area contributed by atoms with Crippen molar-refractivity contribution in [2.45, 2.75) is 31.6 Å². The number of fused-ring (bicyclic) bond motifs is 1. The summed E-state index contributed by atoms with van der Waals surface area (Å²) in [6.45, 7) is 0. The Morgan fingerprint density at radius 1 is 1.18 bits per heavy atom. The van der Waals surface area contributed by atoms with E-state index in [1.807, 2.05) is 24.4 Å². The molecule has 1 heterocycles. The van der Waals surface area contributed by atoms with Gasteiger partial charge in [-0.25, -0.2) is 0 Å². The fraction of sp³-hybridized carbons (Fsp3) is 0.333. The minimum Gasteiger partial charge on any atom is -0.300 e. The Balaban J connectivity index is 2.07. The molecule has 1 aromatic heterocycles. The second kappa shape index (κ2) is 4.28. The van der Waals surface area contributed by atoms with Crippen molar-refractivity contribution >= 4 is 16.7 Å². The molecule has 1 aromatic carbocycles. The van der Waals surface area contributed by atoms with Crippen LogP contribution in [0.3, 0.4) is 0 Å². The third-order valence-electron chi connectivity index (χ3n) is 3.60. The summed E-state index contributed by atoms with van der Waals surface area (Å²) >= 11 is 0. The molecule has 2 nitrogen and oxygen atoms in total. The number of carbonyl (C=O) groups is 1. The highest BCUT2D eigenvalue weighted by Crippen LogP contribution is 2.34. The quantitative estimate of drug-likeness (QED) is 0.744. The summed E-state index contributed by atoms with van der Waals surface area (Å²) in [5.74, 6) is 0.797. The molecule has 0 saturated heterocycles. The zero-order valence-corrected chi connectivity index (χ0v) is 9.73. The number of benzene rings is 1. The van der Waals surface area contributed by atoms with E-state index in [0.717, 1.165) is 24.8 Å². The van der Waals surface area contributed by atoms with Gasteiger partial charge in [-0.1, -0.05) is 18.2 Å². The Bertz CT molecular complexity index is 556. The Morgan fingerprint density at radius 2 is 2.12 bits per heavy atom. The monoisotopic (exact) mass is 225 g/mol. The lowest BCUT2D eigenvalue weighted by atomic mass is 9.82. The van der Waals surface area contributed by atoms with Crippen molar-refractivity contribution in [1.29, 1.82) is 0 Å². The highest BCUT2D eigenvalue weighted by atomic mass is 16.1. The van der Waals surface area contributed by atoms with Crippen LogP contribution < -0.4 is 0 Å². The van der Waals surface area contributed by atoms with Gasteiger partial charge in [0.05, 0.1) is 5.52 Å². The van der Waals surface area contributed by atoms with E-state index >= 15 is 0 Å². The Morgan fingerprint density at radius 3 is 3.00 bits per heavy atom. The van der Waals surface area contributed by atoms with Crippen LogP contribution in [0.15, 0.2) is 36.5 Å². The molecule has 2 heteroatoms. The molecule has 1 saturated carbocycles. The predicted octanol–water partition coefficient (Wildman–Crippen LogP) is 3.46. The number of ketones is 1. The summed E-state index contributed by atoms with van der Waals surface area (Å²) in [5.41, 5.74) is 2.33. The molecule has 1 unspecified atom stereocenters. The predicted molar refractivity (Wildman–Crippen MR) is 68.0 cm³/mol. The van der Waals surface area contributed by atoms with Crippen molar-refractivity contribution < 1.29 is 4.79 Å². The fourth-order valence-electron chi connectivity index (χ4n) is 2.77. The number of aromatic nitrogens is 1. The van der Waals surface area contributed by atoms with E-state index in [9.17, 15) is 4.79 Å². The fourth-order valence-corrected chi connectivity index (χ4v) is 2.77. The van der Waals surface area contributed by atoms with E-state index in [2.05, 4.69) is 17.1 Å². The molecule has 2 aromatic rings. The molecule has 1 aliphatic carbocycles. The number of pyridine rings is 1. The largest absolute Gasteiger partial charge is 0.300 e. The lowest BCUT2D eigenvalue weighted by Crippen LogP contribution is -2.13. The maximum Gasteiger partial charge on any atom is 0.133 e. The number of hydrogen-bond donors (Lipinski definition) is 0. The number of carbonyl (C=O) groups excluding carboxylic acids is 1. The first-order chi connectivity index (χ1) is 8.34. The molecule has 0 spiro atoms. The molecule has 0 aliphatic heterocycles. The van der Waals surface area contributed by atoms with Gasteiger partial charge in [0.25, 0.3) is 0 Å². The summed E-state index contributed by atoms with van der Waals surface area (Å²) in [6.07, 6.45) is 5.44. The van der Waals surface area contributed by atoms with E-state index < -0.39 is 0 Å². The van der Waals surface area contributed by atoms with E-state index in [0.29, 0.717) is 18.1 Å². The van der Waals surface area contributed by atoms with E-state index in [1.165, 1.54) is 10.9 Å². The lowest BCUT2D eigenvalue weighted by Gasteiger charge is -2.22. The third kappa shape index (κ3) is 1.95. The molecule has 86 valence electrons. The first kappa shape index (κ1) is 10.5. The van der Waals surface area contributed by atoms with E-state index in [-0.39, 0.29) is 0 Å². The minimum atomic E-state index is 0.393. The van der Waals surface area contributed by atoms with Crippen molar-refractivity contribution in [2.24, 2.45) is 0 Å². The molecule has 17 heavy (non-hydrogen) atoms. The van der Waals surface area contributed by atoms with Gasteiger partial charge >= 0.3 is 0 Å². The van der Waals surface area contributed by atoms with Crippen LogP contribution in [0.2, 0.25) is 0 Å². The van der Waals surface area contributed by atoms with Gasteiger partial charge in [-0.15, -0.1) is 0 Å². The topological polar surface area (TPSA) is 30.0 Å². The van der Waals surface area contributed by atoms with Gasteiger partial charge in [-0.3, -0.25) is 9.78 Å². The van der Waals surface area contributed by atoms with E-state index in [4.69, 9.17) is 0 Å². The van der Waals surface area contributed by atoms with Crippen molar-refractivity contribution in [1.82, 2.24) is 4.98 Å². The van der Waals surface area contributed by atoms with Crippen molar-refractivity contribution in [3.63, 3.8) is 0 Å². The normalized spacial score (nSPS) is 20.7. The Labute approximate surface area is 101 Å². The highest BCUT2D eigenvalue weighted by Gasteiger charge is 2.22. The summed E-state index contributed by atoms with van der Waals surface area (Å²) in [7, 11) is 0. The van der Waals surface area contributed by atoms with Crippen LogP contribution in [0.25, 0.3) is 10.9 Å². The number of Topliss-reactive ketones (excluding diaryl/α,β-unsaturated/α-hetero) is 1. The van der Waals surface area contributed by atoms with Crippen LogP contribution in [0, 0.1) is 0 Å². The average Bonchev–Trinajstić information content (AvgIpc) is 2.38. The van der Waals surface area contributed by atoms with Gasteiger partial charge in [0, 0.05) is 24.4 Å². The van der Waals surface area contributed by atoms with Gasteiger partial charge < -0.3 is 0 Å². The van der Waals surface area contributed by atoms with Crippen molar-refractivity contribution in [2.75, 3.05) is 0 Å². The van der Waals surface area contributed by atoms with Crippen LogP contribution >= 0.6 is 0 Å². The van der Waals surface area contributed by atoms with Gasteiger partial charge in [0.2, 0.25) is 0 Å². The summed E-state index contributed by atoms with van der Waals surface area (Å²) < 4.78 is 0. The van der Waals surface area contributed by atoms with Crippen LogP contribution in [0.4, 0.5) is 0 Å². The zero-order chi connectivity index (χ0) is 11.7. The molecule has 1 aliphatic rings. The third-order valence-corrected chi connectivity index (χ3v) is 3.60. The molecule has 0 N–H and O–H groups in total. The molecule has 1 fully saturated rings. The summed E-state index contributed by atoms with van der Waals surface area (Å²) in [4.78, 5) is 15.9. The Hall–Kier alpha value is -1.70. The average molecular weight is 225 g/mol. The van der Waals surface area contributed by atoms with Crippen molar-refractivity contribution in [3.05, 3.63) is 42.1 Å². The second-order valence-corrected chi connectivity index (χ2v) is 4.75. The number of nitrogens with zero attached hydrogens (tertiary/aromatic N) is 1. The first-order valence-corrected chi connectivity index (χ1v) is 6.20. The molecule has 0 bridgehead atoms. The molecular weight excluding hydrogens is 210 g/mol. The van der Waals surface area contributed by atoms with Gasteiger partial charge in [0.1, 0.15) is 5.78 Å². The Kier molecular flexibility index (Phi) is 2.63. The molecule has 0 radical (unpaired) electrons. The highest BCUT2D eigenvalue weighted by molar-refractivity contribution is 5.85. The zero-order valence-electron chi connectivity index (χ0n) is 9.73. The molecule has 0 amide bonds. The van der Waals surface area contributed by atoms with Crippen LogP contribution in [0.1, 0.15) is 37.2 Å². The van der Waals surface area contributed by atoms with Gasteiger partial charge in [-0.05, 0) is 36.5 Å². The maximum absolute atomic E-state index is 11.6. The maximum atomic E-state index is 11.6. The van der Waals surface area contributed by atoms with Crippen LogP contribution in [-0.2, 0) is 4.79 Å². The van der Waals surface area contributed by atoms with Gasteiger partial charge in [-0.2, -0.15) is 0 Å². The standard InChI is InChI=1S/C15H15NO/c17-12-5-1-4-11(10-12)13-6-2-8-15-14(13)7-3-9-16-15/h2-3,6-9,11H,1,4-5,10H2. The van der Waals surface area contributed by atoms with Crippen molar-refractivity contribution in [3.8, 4) is 0 Å². The first-order valence-electron chi connectivity index (χ1n) is 6.20. The minimum absolute atomic E-state index is 0.393. The lowest BCUT2D eigenvalue weighted by molar-refractivity contribution is -0.120. The summed E-state index contributed by atoms with van der Waals surface area (Å²) in [5, 5.41) is 1.20. The number of rotatable bonds is 1. The molecule has 1 atom stereocenters. The SMILES string of the molecule is O=C1CCCC(c2cccc3ncccc23)C1. The van der Waals surface area contributed by atoms with Crippen LogP contribution in [0.5, 0.6) is 0 Å². The number of hydrogen-bond acceptors (Lipinski definition) is 2.